The average Bonchev–Trinajstić information content (AvgIpc) is 3.47. The fourth-order valence-corrected chi connectivity index (χ4v) is 4.42. The summed E-state index contributed by atoms with van der Waals surface area (Å²) in [5.41, 5.74) is 5.39. The van der Waals surface area contributed by atoms with Crippen LogP contribution in [0.15, 0.2) is 48.1 Å². The Morgan fingerprint density at radius 2 is 2.10 bits per heavy atom. The fraction of sp³-hybridized carbons (Fsp3) is 0.273. The predicted octanol–water partition coefficient (Wildman–Crippen LogP) is 3.71. The summed E-state index contributed by atoms with van der Waals surface area (Å²) < 4.78 is 3.59. The van der Waals surface area contributed by atoms with Crippen molar-refractivity contribution in [2.24, 2.45) is 7.05 Å². The van der Waals surface area contributed by atoms with Crippen molar-refractivity contribution in [3.05, 3.63) is 65.1 Å². The van der Waals surface area contributed by atoms with Crippen LogP contribution in [-0.2, 0) is 20.0 Å². The largest absolute Gasteiger partial charge is 0.349 e. The Kier molecular flexibility index (Phi) is 5.76. The van der Waals surface area contributed by atoms with Crippen LogP contribution in [0.1, 0.15) is 28.7 Å². The average molecular weight is 421 g/mol. The number of hydrogen-bond donors (Lipinski definition) is 1. The Morgan fingerprint density at radius 3 is 2.77 bits per heavy atom. The van der Waals surface area contributed by atoms with Gasteiger partial charge in [0.25, 0.3) is 5.91 Å². The van der Waals surface area contributed by atoms with E-state index in [0.29, 0.717) is 18.8 Å². The Bertz CT molecular complexity index is 1140. The van der Waals surface area contributed by atoms with E-state index in [1.165, 1.54) is 0 Å². The lowest BCUT2D eigenvalue weighted by Gasteiger charge is -2.10. The van der Waals surface area contributed by atoms with Gasteiger partial charge in [-0.1, -0.05) is 19.1 Å². The number of carbonyl (C=O) groups is 1. The highest BCUT2D eigenvalue weighted by molar-refractivity contribution is 7.13. The highest BCUT2D eigenvalue weighted by Crippen LogP contribution is 2.33. The number of hydrogen-bond acceptors (Lipinski definition) is 5. The van der Waals surface area contributed by atoms with E-state index < -0.39 is 0 Å². The molecule has 30 heavy (non-hydrogen) atoms. The molecule has 4 aromatic heterocycles. The molecule has 4 heterocycles. The topological polar surface area (TPSA) is 77.6 Å². The SMILES string of the molecule is CCc1nn(C)c(C(=O)NCCn2ncc(-c3ccccn3)c2-c2cccs2)c1C. The van der Waals surface area contributed by atoms with E-state index in [1.54, 1.807) is 22.2 Å². The van der Waals surface area contributed by atoms with Gasteiger partial charge in [-0.25, -0.2) is 0 Å². The molecule has 1 N–H and O–H groups in total. The maximum atomic E-state index is 12.7. The summed E-state index contributed by atoms with van der Waals surface area (Å²) >= 11 is 1.66. The molecule has 0 atom stereocenters. The van der Waals surface area contributed by atoms with Gasteiger partial charge < -0.3 is 5.32 Å². The van der Waals surface area contributed by atoms with Crippen LogP contribution in [0.2, 0.25) is 0 Å². The zero-order valence-electron chi connectivity index (χ0n) is 17.3. The number of pyridine rings is 1. The summed E-state index contributed by atoms with van der Waals surface area (Å²) in [7, 11) is 1.81. The molecule has 0 aliphatic carbocycles. The first-order chi connectivity index (χ1) is 14.6. The second-order valence-corrected chi connectivity index (χ2v) is 7.92. The number of nitrogens with zero attached hydrogens (tertiary/aromatic N) is 5. The first-order valence-corrected chi connectivity index (χ1v) is 10.8. The summed E-state index contributed by atoms with van der Waals surface area (Å²) in [6.07, 6.45) is 4.44. The van der Waals surface area contributed by atoms with Crippen LogP contribution in [-0.4, -0.2) is 37.0 Å². The summed E-state index contributed by atoms with van der Waals surface area (Å²) in [5, 5.41) is 14.1. The molecule has 0 unspecified atom stereocenters. The van der Waals surface area contributed by atoms with Crippen LogP contribution < -0.4 is 5.32 Å². The number of thiophene rings is 1. The molecule has 0 aliphatic rings. The summed E-state index contributed by atoms with van der Waals surface area (Å²) in [6, 6.07) is 9.96. The molecule has 0 fully saturated rings. The quantitative estimate of drug-likeness (QED) is 0.494. The number of aryl methyl sites for hydroxylation is 2. The third-order valence-corrected chi connectivity index (χ3v) is 5.95. The van der Waals surface area contributed by atoms with E-state index in [-0.39, 0.29) is 5.91 Å². The summed E-state index contributed by atoms with van der Waals surface area (Å²) in [6.45, 7) is 5.01. The zero-order valence-corrected chi connectivity index (χ0v) is 18.1. The van der Waals surface area contributed by atoms with E-state index in [2.05, 4.69) is 26.6 Å². The Morgan fingerprint density at radius 1 is 1.23 bits per heavy atom. The van der Waals surface area contributed by atoms with Crippen molar-refractivity contribution in [1.29, 1.82) is 0 Å². The predicted molar refractivity (Wildman–Crippen MR) is 118 cm³/mol. The van der Waals surface area contributed by atoms with Crippen LogP contribution in [0.4, 0.5) is 0 Å². The summed E-state index contributed by atoms with van der Waals surface area (Å²) in [4.78, 5) is 18.3. The second kappa shape index (κ2) is 8.62. The van der Waals surface area contributed by atoms with Gasteiger partial charge in [-0.05, 0) is 36.9 Å². The number of nitrogens with one attached hydrogen (secondary N) is 1. The molecular weight excluding hydrogens is 396 g/mol. The van der Waals surface area contributed by atoms with Crippen molar-refractivity contribution in [2.75, 3.05) is 6.54 Å². The summed E-state index contributed by atoms with van der Waals surface area (Å²) in [5.74, 6) is -0.114. The van der Waals surface area contributed by atoms with Crippen molar-refractivity contribution < 1.29 is 4.79 Å². The van der Waals surface area contributed by atoms with E-state index >= 15 is 0 Å². The van der Waals surface area contributed by atoms with Crippen LogP contribution in [0.3, 0.4) is 0 Å². The van der Waals surface area contributed by atoms with Gasteiger partial charge >= 0.3 is 0 Å². The Balaban J connectivity index is 1.54. The van der Waals surface area contributed by atoms with Crippen LogP contribution in [0.5, 0.6) is 0 Å². The molecule has 0 saturated heterocycles. The van der Waals surface area contributed by atoms with E-state index in [9.17, 15) is 4.79 Å². The minimum atomic E-state index is -0.114. The molecule has 0 bridgehead atoms. The molecule has 1 amide bonds. The monoisotopic (exact) mass is 420 g/mol. The van der Waals surface area contributed by atoms with Gasteiger partial charge in [0.05, 0.1) is 34.7 Å². The lowest BCUT2D eigenvalue weighted by Crippen LogP contribution is -2.29. The maximum Gasteiger partial charge on any atom is 0.269 e. The molecule has 8 heteroatoms. The van der Waals surface area contributed by atoms with Crippen LogP contribution in [0.25, 0.3) is 21.8 Å². The minimum absolute atomic E-state index is 0.114. The number of rotatable bonds is 7. The molecule has 0 radical (unpaired) electrons. The molecule has 154 valence electrons. The van der Waals surface area contributed by atoms with Gasteiger partial charge in [-0.2, -0.15) is 10.2 Å². The van der Waals surface area contributed by atoms with Crippen LogP contribution >= 0.6 is 11.3 Å². The second-order valence-electron chi connectivity index (χ2n) is 6.98. The normalized spacial score (nSPS) is 11.0. The van der Waals surface area contributed by atoms with E-state index in [4.69, 9.17) is 0 Å². The van der Waals surface area contributed by atoms with Crippen molar-refractivity contribution in [2.45, 2.75) is 26.8 Å². The van der Waals surface area contributed by atoms with Crippen molar-refractivity contribution >= 4 is 17.2 Å². The molecule has 7 nitrogen and oxygen atoms in total. The fourth-order valence-electron chi connectivity index (χ4n) is 3.64. The first kappa shape index (κ1) is 20.0. The third kappa shape index (κ3) is 3.78. The van der Waals surface area contributed by atoms with Gasteiger partial charge in [0.2, 0.25) is 0 Å². The van der Waals surface area contributed by atoms with E-state index in [1.807, 2.05) is 61.4 Å². The molecule has 4 aromatic rings. The van der Waals surface area contributed by atoms with Gasteiger partial charge in [0.1, 0.15) is 5.69 Å². The highest BCUT2D eigenvalue weighted by atomic mass is 32.1. The number of amides is 1. The smallest absolute Gasteiger partial charge is 0.269 e. The lowest BCUT2D eigenvalue weighted by molar-refractivity contribution is 0.0942. The zero-order chi connectivity index (χ0) is 21.1. The van der Waals surface area contributed by atoms with Crippen molar-refractivity contribution in [1.82, 2.24) is 29.9 Å². The molecule has 0 saturated carbocycles. The first-order valence-electron chi connectivity index (χ1n) is 9.92. The molecule has 0 aromatic carbocycles. The van der Waals surface area contributed by atoms with Gasteiger partial charge in [-0.15, -0.1) is 11.3 Å². The maximum absolute atomic E-state index is 12.7. The van der Waals surface area contributed by atoms with Gasteiger partial charge in [0, 0.05) is 30.9 Å². The molecule has 0 aliphatic heterocycles. The Labute approximate surface area is 179 Å². The van der Waals surface area contributed by atoms with Gasteiger partial charge in [0.15, 0.2) is 0 Å². The number of carbonyl (C=O) groups excluding carboxylic acids is 1. The van der Waals surface area contributed by atoms with Crippen molar-refractivity contribution in [3.63, 3.8) is 0 Å². The van der Waals surface area contributed by atoms with Gasteiger partial charge in [-0.3, -0.25) is 19.1 Å². The standard InChI is InChI=1S/C22H24N6OS/c1-4-17-15(2)20(27(3)26-17)22(29)24-11-12-28-21(19-9-7-13-30-19)16(14-25-28)18-8-5-6-10-23-18/h5-10,13-14H,4,11-12H2,1-3H3,(H,24,29). The molecular formula is C22H24N6OS. The number of aromatic nitrogens is 5. The van der Waals surface area contributed by atoms with E-state index in [0.717, 1.165) is 39.5 Å². The molecule has 4 rings (SSSR count). The molecule has 0 spiro atoms. The van der Waals surface area contributed by atoms with Crippen LogP contribution in [0, 0.1) is 6.92 Å². The lowest BCUT2D eigenvalue weighted by atomic mass is 10.1. The highest BCUT2D eigenvalue weighted by Gasteiger charge is 2.19. The third-order valence-electron chi connectivity index (χ3n) is 5.08. The Hall–Kier alpha value is -3.26. The minimum Gasteiger partial charge on any atom is -0.349 e. The van der Waals surface area contributed by atoms with Crippen molar-refractivity contribution in [3.8, 4) is 21.8 Å².